The summed E-state index contributed by atoms with van der Waals surface area (Å²) in [5, 5.41) is 3.14. The van der Waals surface area contributed by atoms with E-state index in [0.29, 0.717) is 5.92 Å². The lowest BCUT2D eigenvalue weighted by atomic mass is 9.83. The second kappa shape index (κ2) is 5.67. The molecule has 0 aromatic heterocycles. The van der Waals surface area contributed by atoms with Gasteiger partial charge in [-0.3, -0.25) is 4.79 Å². The van der Waals surface area contributed by atoms with Gasteiger partial charge in [0.25, 0.3) is 0 Å². The van der Waals surface area contributed by atoms with Crippen molar-refractivity contribution in [2.24, 2.45) is 11.7 Å². The fourth-order valence-electron chi connectivity index (χ4n) is 2.46. The summed E-state index contributed by atoms with van der Waals surface area (Å²) in [6.07, 6.45) is 6.68. The molecule has 0 aliphatic heterocycles. The van der Waals surface area contributed by atoms with Crippen molar-refractivity contribution in [3.63, 3.8) is 0 Å². The highest BCUT2D eigenvalue weighted by Gasteiger charge is 2.30. The van der Waals surface area contributed by atoms with E-state index in [9.17, 15) is 4.79 Å². The molecule has 1 fully saturated rings. The van der Waals surface area contributed by atoms with Gasteiger partial charge in [0.1, 0.15) is 0 Å². The minimum atomic E-state index is -0.348. The Hall–Kier alpha value is -0.570. The summed E-state index contributed by atoms with van der Waals surface area (Å²) in [5.74, 6) is 0.498. The summed E-state index contributed by atoms with van der Waals surface area (Å²) in [4.78, 5) is 11.9. The highest BCUT2D eigenvalue weighted by Crippen LogP contribution is 2.27. The predicted octanol–water partition coefficient (Wildman–Crippen LogP) is 2.20. The molecule has 0 aromatic rings. The summed E-state index contributed by atoms with van der Waals surface area (Å²) in [5.41, 5.74) is 5.87. The normalized spacial score (nSPS) is 21.8. The fourth-order valence-corrected chi connectivity index (χ4v) is 2.46. The lowest BCUT2D eigenvalue weighted by Crippen LogP contribution is -2.53. The Bertz CT molecular complexity index is 232. The third-order valence-electron chi connectivity index (χ3n) is 3.44. The molecule has 94 valence electrons. The van der Waals surface area contributed by atoms with E-state index in [1.165, 1.54) is 19.3 Å². The summed E-state index contributed by atoms with van der Waals surface area (Å²) in [7, 11) is 0. The molecule has 3 nitrogen and oxygen atoms in total. The Morgan fingerprint density at radius 3 is 2.38 bits per heavy atom. The van der Waals surface area contributed by atoms with Crippen molar-refractivity contribution in [3.05, 3.63) is 0 Å². The van der Waals surface area contributed by atoms with E-state index in [0.717, 1.165) is 19.3 Å². The monoisotopic (exact) mass is 226 g/mol. The topological polar surface area (TPSA) is 55.1 Å². The zero-order valence-corrected chi connectivity index (χ0v) is 10.9. The predicted molar refractivity (Wildman–Crippen MR) is 67.1 cm³/mol. The quantitative estimate of drug-likeness (QED) is 0.772. The van der Waals surface area contributed by atoms with Gasteiger partial charge < -0.3 is 11.1 Å². The maximum Gasteiger partial charge on any atom is 0.237 e. The van der Waals surface area contributed by atoms with Gasteiger partial charge in [-0.15, -0.1) is 0 Å². The number of hydrogen-bond donors (Lipinski definition) is 2. The molecule has 3 heteroatoms. The second-order valence-electron chi connectivity index (χ2n) is 5.85. The van der Waals surface area contributed by atoms with Gasteiger partial charge in [0.15, 0.2) is 0 Å². The number of amides is 1. The van der Waals surface area contributed by atoms with Crippen molar-refractivity contribution < 1.29 is 4.79 Å². The van der Waals surface area contributed by atoms with Gasteiger partial charge in [-0.25, -0.2) is 0 Å². The van der Waals surface area contributed by atoms with Crippen LogP contribution >= 0.6 is 0 Å². The Labute approximate surface area is 99.2 Å². The Balaban J connectivity index is 2.43. The molecule has 1 atom stereocenters. The Kier molecular flexibility index (Phi) is 4.78. The number of rotatable bonds is 4. The molecule has 1 rings (SSSR count). The third kappa shape index (κ3) is 4.12. The lowest BCUT2D eigenvalue weighted by molar-refractivity contribution is -0.124. The van der Waals surface area contributed by atoms with Crippen LogP contribution in [0.1, 0.15) is 59.3 Å². The van der Waals surface area contributed by atoms with Crippen LogP contribution in [-0.4, -0.2) is 17.5 Å². The molecule has 0 heterocycles. The first-order valence-corrected chi connectivity index (χ1v) is 6.50. The molecule has 0 radical (unpaired) electrons. The van der Waals surface area contributed by atoms with Gasteiger partial charge in [0.2, 0.25) is 5.91 Å². The van der Waals surface area contributed by atoms with Crippen molar-refractivity contribution in [1.82, 2.24) is 5.32 Å². The maximum absolute atomic E-state index is 11.9. The highest BCUT2D eigenvalue weighted by molar-refractivity contribution is 5.82. The fraction of sp³-hybridized carbons (Fsp3) is 0.923. The molecule has 0 saturated heterocycles. The van der Waals surface area contributed by atoms with Crippen LogP contribution in [-0.2, 0) is 4.79 Å². The molecule has 1 unspecified atom stereocenters. The zero-order valence-electron chi connectivity index (χ0n) is 10.9. The molecule has 1 saturated carbocycles. The van der Waals surface area contributed by atoms with Crippen LogP contribution in [0.15, 0.2) is 0 Å². The number of nitrogens with two attached hydrogens (primary N) is 1. The van der Waals surface area contributed by atoms with Crippen molar-refractivity contribution in [1.29, 1.82) is 0 Å². The van der Waals surface area contributed by atoms with Crippen LogP contribution in [0, 0.1) is 5.92 Å². The zero-order chi connectivity index (χ0) is 12.2. The van der Waals surface area contributed by atoms with Crippen molar-refractivity contribution in [2.45, 2.75) is 70.9 Å². The smallest absolute Gasteiger partial charge is 0.237 e. The number of carbonyl (C=O) groups is 1. The van der Waals surface area contributed by atoms with Gasteiger partial charge in [0, 0.05) is 5.54 Å². The first-order chi connectivity index (χ1) is 7.43. The van der Waals surface area contributed by atoms with Gasteiger partial charge in [-0.05, 0) is 32.1 Å². The van der Waals surface area contributed by atoms with Gasteiger partial charge in [-0.1, -0.05) is 33.1 Å². The molecule has 1 amide bonds. The minimum absolute atomic E-state index is 0.00999. The lowest BCUT2D eigenvalue weighted by Gasteiger charge is -2.35. The van der Waals surface area contributed by atoms with Gasteiger partial charge in [-0.2, -0.15) is 0 Å². The van der Waals surface area contributed by atoms with Crippen molar-refractivity contribution in [2.75, 3.05) is 0 Å². The standard InChI is InChI=1S/C13H26N2O/c1-10(2)9-11(14)12(16)15-13(3)7-5-4-6-8-13/h10-11H,4-9,14H2,1-3H3,(H,15,16). The van der Waals surface area contributed by atoms with Crippen molar-refractivity contribution >= 4 is 5.91 Å². The largest absolute Gasteiger partial charge is 0.350 e. The van der Waals surface area contributed by atoms with E-state index in [-0.39, 0.29) is 17.5 Å². The molecular weight excluding hydrogens is 200 g/mol. The van der Waals surface area contributed by atoms with Crippen LogP contribution in [0.3, 0.4) is 0 Å². The van der Waals surface area contributed by atoms with Crippen LogP contribution in [0.25, 0.3) is 0 Å². The van der Waals surface area contributed by atoms with E-state index in [1.54, 1.807) is 0 Å². The highest BCUT2D eigenvalue weighted by atomic mass is 16.2. The second-order valence-corrected chi connectivity index (χ2v) is 5.85. The summed E-state index contributed by atoms with van der Waals surface area (Å²) < 4.78 is 0. The molecule has 16 heavy (non-hydrogen) atoms. The average Bonchev–Trinajstić information content (AvgIpc) is 2.16. The van der Waals surface area contributed by atoms with Crippen LogP contribution in [0.5, 0.6) is 0 Å². The molecule has 1 aliphatic carbocycles. The van der Waals surface area contributed by atoms with Crippen molar-refractivity contribution in [3.8, 4) is 0 Å². The van der Waals surface area contributed by atoms with Crippen LogP contribution in [0.2, 0.25) is 0 Å². The summed E-state index contributed by atoms with van der Waals surface area (Å²) in [6, 6.07) is -0.348. The van der Waals surface area contributed by atoms with Gasteiger partial charge >= 0.3 is 0 Å². The summed E-state index contributed by atoms with van der Waals surface area (Å²) in [6.45, 7) is 6.33. The van der Waals surface area contributed by atoms with E-state index in [4.69, 9.17) is 5.73 Å². The van der Waals surface area contributed by atoms with E-state index in [2.05, 4.69) is 26.1 Å². The number of hydrogen-bond acceptors (Lipinski definition) is 2. The van der Waals surface area contributed by atoms with Crippen LogP contribution in [0.4, 0.5) is 0 Å². The van der Waals surface area contributed by atoms with Gasteiger partial charge in [0.05, 0.1) is 6.04 Å². The molecule has 0 bridgehead atoms. The first kappa shape index (κ1) is 13.5. The molecule has 0 spiro atoms. The first-order valence-electron chi connectivity index (χ1n) is 6.50. The van der Waals surface area contributed by atoms with E-state index in [1.807, 2.05) is 0 Å². The third-order valence-corrected chi connectivity index (χ3v) is 3.44. The molecule has 0 aromatic carbocycles. The summed E-state index contributed by atoms with van der Waals surface area (Å²) >= 11 is 0. The Morgan fingerprint density at radius 1 is 1.31 bits per heavy atom. The average molecular weight is 226 g/mol. The molecule has 3 N–H and O–H groups in total. The maximum atomic E-state index is 11.9. The van der Waals surface area contributed by atoms with E-state index < -0.39 is 0 Å². The molecular formula is C13H26N2O. The Morgan fingerprint density at radius 2 is 1.88 bits per heavy atom. The number of carbonyl (C=O) groups excluding carboxylic acids is 1. The van der Waals surface area contributed by atoms with Crippen LogP contribution < -0.4 is 11.1 Å². The minimum Gasteiger partial charge on any atom is -0.350 e. The SMILES string of the molecule is CC(C)CC(N)C(=O)NC1(C)CCCCC1. The van der Waals surface area contributed by atoms with E-state index >= 15 is 0 Å². The number of nitrogens with one attached hydrogen (secondary N) is 1. The molecule has 1 aliphatic rings.